The molecular weight excluding hydrogens is 357 g/mol. The van der Waals surface area contributed by atoms with Gasteiger partial charge in [0.1, 0.15) is 18.0 Å². The van der Waals surface area contributed by atoms with E-state index in [1.54, 1.807) is 6.07 Å². The fourth-order valence-corrected chi connectivity index (χ4v) is 2.86. The number of ether oxygens (including phenoxy) is 1. The van der Waals surface area contributed by atoms with Gasteiger partial charge < -0.3 is 10.1 Å². The number of imide groups is 1. The summed E-state index contributed by atoms with van der Waals surface area (Å²) in [4.78, 5) is 36.3. The fourth-order valence-electron chi connectivity index (χ4n) is 2.86. The summed E-state index contributed by atoms with van der Waals surface area (Å²) in [6.07, 6.45) is 0. The van der Waals surface area contributed by atoms with Crippen LogP contribution in [-0.4, -0.2) is 34.9 Å². The molecule has 0 saturated carbocycles. The minimum atomic E-state index is -1.32. The van der Waals surface area contributed by atoms with Crippen LogP contribution in [0.2, 0.25) is 0 Å². The number of nitro benzene ring substituents is 1. The van der Waals surface area contributed by atoms with Crippen LogP contribution >= 0.6 is 0 Å². The maximum Gasteiger partial charge on any atom is 0.325 e. The first-order valence-corrected chi connectivity index (χ1v) is 8.09. The number of nitrogens with zero attached hydrogens (tertiary/aromatic N) is 2. The van der Waals surface area contributed by atoms with Crippen molar-refractivity contribution in [1.29, 1.82) is 0 Å². The van der Waals surface area contributed by atoms with Gasteiger partial charge in [0.05, 0.1) is 11.5 Å². The van der Waals surface area contributed by atoms with E-state index in [0.717, 1.165) is 4.90 Å². The van der Waals surface area contributed by atoms with E-state index in [2.05, 4.69) is 5.32 Å². The average Bonchev–Trinajstić information content (AvgIpc) is 2.86. The molecule has 27 heavy (non-hydrogen) atoms. The van der Waals surface area contributed by atoms with Gasteiger partial charge in [-0.2, -0.15) is 0 Å². The number of benzene rings is 2. The number of rotatable bonds is 6. The molecule has 1 aliphatic heterocycles. The predicted octanol–water partition coefficient (Wildman–Crippen LogP) is 2.58. The number of amides is 3. The van der Waals surface area contributed by atoms with Crippen LogP contribution < -0.4 is 10.1 Å². The minimum absolute atomic E-state index is 0.0517. The Labute approximate surface area is 153 Å². The largest absolute Gasteiger partial charge is 0.485 e. The van der Waals surface area contributed by atoms with Crippen molar-refractivity contribution in [1.82, 2.24) is 10.2 Å². The van der Waals surface area contributed by atoms with E-state index in [0.29, 0.717) is 5.56 Å². The summed E-state index contributed by atoms with van der Waals surface area (Å²) >= 11 is 0. The van der Waals surface area contributed by atoms with Gasteiger partial charge in [-0.15, -0.1) is 0 Å². The zero-order valence-corrected chi connectivity index (χ0v) is 14.3. The number of nitrogens with one attached hydrogen (secondary N) is 1. The van der Waals surface area contributed by atoms with Crippen LogP contribution in [0.25, 0.3) is 0 Å². The highest BCUT2D eigenvalue weighted by atomic mass is 19.1. The van der Waals surface area contributed by atoms with E-state index in [-0.39, 0.29) is 24.6 Å². The standard InChI is InChI=1S/C18H16FN3O5/c1-18(12-6-8-13(19)9-7-12)16(23)21(17(24)20-18)10-11-27-15-5-3-2-4-14(15)22(25)26/h2-9H,10-11H2,1H3,(H,20,24). The van der Waals surface area contributed by atoms with Crippen molar-refractivity contribution in [3.05, 3.63) is 70.0 Å². The Morgan fingerprint density at radius 3 is 2.52 bits per heavy atom. The normalized spacial score (nSPS) is 19.1. The van der Waals surface area contributed by atoms with Crippen molar-refractivity contribution in [3.8, 4) is 5.75 Å². The zero-order valence-electron chi connectivity index (χ0n) is 14.3. The van der Waals surface area contributed by atoms with Crippen molar-refractivity contribution in [3.63, 3.8) is 0 Å². The van der Waals surface area contributed by atoms with Gasteiger partial charge in [0, 0.05) is 6.07 Å². The molecule has 140 valence electrons. The molecule has 1 fully saturated rings. The van der Waals surface area contributed by atoms with Gasteiger partial charge in [0.25, 0.3) is 5.91 Å². The lowest BCUT2D eigenvalue weighted by Gasteiger charge is -2.22. The van der Waals surface area contributed by atoms with Crippen LogP contribution in [-0.2, 0) is 10.3 Å². The van der Waals surface area contributed by atoms with Crippen LogP contribution in [0.5, 0.6) is 5.75 Å². The Hall–Kier alpha value is -3.49. The summed E-state index contributed by atoms with van der Waals surface area (Å²) in [5.74, 6) is -0.907. The molecule has 1 aliphatic rings. The summed E-state index contributed by atoms with van der Waals surface area (Å²) in [6.45, 7) is 1.33. The lowest BCUT2D eigenvalue weighted by Crippen LogP contribution is -2.41. The molecule has 0 bridgehead atoms. The molecule has 3 rings (SSSR count). The Morgan fingerprint density at radius 1 is 1.19 bits per heavy atom. The average molecular weight is 373 g/mol. The number of hydrogen-bond donors (Lipinski definition) is 1. The molecule has 0 radical (unpaired) electrons. The third-order valence-electron chi connectivity index (χ3n) is 4.33. The Bertz CT molecular complexity index is 902. The first-order chi connectivity index (χ1) is 12.8. The Kier molecular flexibility index (Phi) is 4.76. The maximum absolute atomic E-state index is 13.1. The van der Waals surface area contributed by atoms with E-state index in [9.17, 15) is 24.1 Å². The molecule has 1 N–H and O–H groups in total. The maximum atomic E-state index is 13.1. The molecule has 0 aliphatic carbocycles. The highest BCUT2D eigenvalue weighted by Crippen LogP contribution is 2.29. The third kappa shape index (κ3) is 3.43. The van der Waals surface area contributed by atoms with Gasteiger partial charge in [0.15, 0.2) is 5.75 Å². The molecule has 1 atom stereocenters. The van der Waals surface area contributed by atoms with Gasteiger partial charge in [-0.25, -0.2) is 9.18 Å². The Morgan fingerprint density at radius 2 is 1.85 bits per heavy atom. The number of para-hydroxylation sites is 2. The second-order valence-electron chi connectivity index (χ2n) is 6.09. The molecule has 1 unspecified atom stereocenters. The lowest BCUT2D eigenvalue weighted by atomic mass is 9.92. The van der Waals surface area contributed by atoms with Crippen molar-refractivity contribution in [2.24, 2.45) is 0 Å². The zero-order chi connectivity index (χ0) is 19.6. The summed E-state index contributed by atoms with van der Waals surface area (Å²) in [5.41, 5.74) is -1.07. The summed E-state index contributed by atoms with van der Waals surface area (Å²) < 4.78 is 18.5. The number of carbonyl (C=O) groups excluding carboxylic acids is 2. The second kappa shape index (κ2) is 7.02. The van der Waals surface area contributed by atoms with E-state index in [4.69, 9.17) is 4.74 Å². The van der Waals surface area contributed by atoms with Crippen molar-refractivity contribution in [2.75, 3.05) is 13.2 Å². The quantitative estimate of drug-likeness (QED) is 0.476. The third-order valence-corrected chi connectivity index (χ3v) is 4.33. The number of urea groups is 1. The lowest BCUT2D eigenvalue weighted by molar-refractivity contribution is -0.385. The highest BCUT2D eigenvalue weighted by Gasteiger charge is 2.48. The van der Waals surface area contributed by atoms with Crippen molar-refractivity contribution < 1.29 is 23.6 Å². The molecule has 9 heteroatoms. The Balaban J connectivity index is 1.70. The van der Waals surface area contributed by atoms with Crippen LogP contribution in [0.1, 0.15) is 12.5 Å². The number of halogens is 1. The summed E-state index contributed by atoms with van der Waals surface area (Å²) in [7, 11) is 0. The topological polar surface area (TPSA) is 102 Å². The van der Waals surface area contributed by atoms with Gasteiger partial charge in [-0.05, 0) is 30.7 Å². The molecule has 3 amide bonds. The highest BCUT2D eigenvalue weighted by molar-refractivity contribution is 6.07. The van der Waals surface area contributed by atoms with E-state index in [1.807, 2.05) is 0 Å². The van der Waals surface area contributed by atoms with E-state index in [1.165, 1.54) is 49.4 Å². The van der Waals surface area contributed by atoms with Crippen molar-refractivity contribution in [2.45, 2.75) is 12.5 Å². The first-order valence-electron chi connectivity index (χ1n) is 8.09. The van der Waals surface area contributed by atoms with Crippen LogP contribution in [0.3, 0.4) is 0 Å². The van der Waals surface area contributed by atoms with Crippen LogP contribution in [0, 0.1) is 15.9 Å². The van der Waals surface area contributed by atoms with E-state index >= 15 is 0 Å². The number of nitro groups is 1. The van der Waals surface area contributed by atoms with Gasteiger partial charge in [-0.1, -0.05) is 24.3 Å². The molecule has 0 spiro atoms. The van der Waals surface area contributed by atoms with Crippen LogP contribution in [0.4, 0.5) is 14.9 Å². The van der Waals surface area contributed by atoms with Gasteiger partial charge in [-0.3, -0.25) is 19.8 Å². The summed E-state index contributed by atoms with van der Waals surface area (Å²) in [6, 6.07) is 10.5. The molecule has 0 aromatic heterocycles. The fraction of sp³-hybridized carbons (Fsp3) is 0.222. The van der Waals surface area contributed by atoms with Gasteiger partial charge in [0.2, 0.25) is 0 Å². The molecule has 2 aromatic carbocycles. The molecular formula is C18H16FN3O5. The first kappa shape index (κ1) is 18.3. The summed E-state index contributed by atoms with van der Waals surface area (Å²) in [5, 5.41) is 13.6. The van der Waals surface area contributed by atoms with Crippen molar-refractivity contribution >= 4 is 17.6 Å². The predicted molar refractivity (Wildman–Crippen MR) is 92.6 cm³/mol. The molecule has 1 heterocycles. The SMILES string of the molecule is CC1(c2ccc(F)cc2)NC(=O)N(CCOc2ccccc2[N+](=O)[O-])C1=O. The van der Waals surface area contributed by atoms with E-state index < -0.39 is 28.2 Å². The molecule has 2 aromatic rings. The van der Waals surface area contributed by atoms with Crippen LogP contribution in [0.15, 0.2) is 48.5 Å². The monoisotopic (exact) mass is 373 g/mol. The minimum Gasteiger partial charge on any atom is -0.485 e. The number of carbonyl (C=O) groups is 2. The second-order valence-corrected chi connectivity index (χ2v) is 6.09. The molecule has 8 nitrogen and oxygen atoms in total. The molecule has 1 saturated heterocycles. The van der Waals surface area contributed by atoms with Gasteiger partial charge >= 0.3 is 11.7 Å². The number of hydrogen-bond acceptors (Lipinski definition) is 5. The smallest absolute Gasteiger partial charge is 0.325 e.